The van der Waals surface area contributed by atoms with Crippen LogP contribution in [-0.2, 0) is 0 Å². The van der Waals surface area contributed by atoms with Crippen molar-refractivity contribution in [1.82, 2.24) is 9.88 Å². The fourth-order valence-corrected chi connectivity index (χ4v) is 3.51. The van der Waals surface area contributed by atoms with Gasteiger partial charge in [-0.3, -0.25) is 4.79 Å². The molecule has 0 radical (unpaired) electrons. The lowest BCUT2D eigenvalue weighted by molar-refractivity contribution is 0.0588. The highest BCUT2D eigenvalue weighted by Crippen LogP contribution is 2.22. The molecular weight excluding hydrogens is 372 g/mol. The van der Waals surface area contributed by atoms with E-state index in [1.807, 2.05) is 47.4 Å². The zero-order chi connectivity index (χ0) is 19.3. The highest BCUT2D eigenvalue weighted by Gasteiger charge is 2.25. The first-order valence-corrected chi connectivity index (χ1v) is 9.80. The molecule has 0 N–H and O–H groups in total. The van der Waals surface area contributed by atoms with E-state index < -0.39 is 0 Å². The van der Waals surface area contributed by atoms with Gasteiger partial charge < -0.3 is 9.64 Å². The molecule has 4 nitrogen and oxygen atoms in total. The number of nitrogens with zero attached hydrogens (tertiary/aromatic N) is 2. The Balaban J connectivity index is 1.34. The molecule has 5 heteroatoms. The SMILES string of the molecule is O=C(c1ccc(-c2ccccc2)cc1)N1CCC(Oc2ccc(Cl)cn2)CC1. The highest BCUT2D eigenvalue weighted by atomic mass is 35.5. The Morgan fingerprint density at radius 1 is 0.929 bits per heavy atom. The second-order valence-electron chi connectivity index (χ2n) is 6.87. The number of benzene rings is 2. The fourth-order valence-electron chi connectivity index (χ4n) is 3.40. The maximum absolute atomic E-state index is 12.8. The molecule has 0 bridgehead atoms. The number of hydrogen-bond acceptors (Lipinski definition) is 3. The Morgan fingerprint density at radius 2 is 1.61 bits per heavy atom. The van der Waals surface area contributed by atoms with Crippen molar-refractivity contribution in [2.45, 2.75) is 18.9 Å². The van der Waals surface area contributed by atoms with E-state index in [4.69, 9.17) is 16.3 Å². The van der Waals surface area contributed by atoms with Crippen molar-refractivity contribution in [3.05, 3.63) is 83.5 Å². The van der Waals surface area contributed by atoms with Crippen LogP contribution in [0.3, 0.4) is 0 Å². The Kier molecular flexibility index (Phi) is 5.58. The van der Waals surface area contributed by atoms with Gasteiger partial charge in [-0.25, -0.2) is 4.98 Å². The minimum absolute atomic E-state index is 0.0678. The number of rotatable bonds is 4. The molecule has 0 atom stereocenters. The predicted molar refractivity (Wildman–Crippen MR) is 111 cm³/mol. The molecule has 4 rings (SSSR count). The van der Waals surface area contributed by atoms with Gasteiger partial charge in [-0.05, 0) is 29.3 Å². The molecule has 0 spiro atoms. The molecule has 3 aromatic rings. The molecule has 1 aromatic heterocycles. The van der Waals surface area contributed by atoms with Crippen molar-refractivity contribution in [3.63, 3.8) is 0 Å². The highest BCUT2D eigenvalue weighted by molar-refractivity contribution is 6.30. The van der Waals surface area contributed by atoms with Crippen LogP contribution in [0.2, 0.25) is 5.02 Å². The van der Waals surface area contributed by atoms with Gasteiger partial charge in [0.05, 0.1) is 5.02 Å². The van der Waals surface area contributed by atoms with Gasteiger partial charge in [-0.1, -0.05) is 54.1 Å². The molecule has 1 amide bonds. The van der Waals surface area contributed by atoms with Crippen LogP contribution in [0, 0.1) is 0 Å². The molecule has 28 heavy (non-hydrogen) atoms. The van der Waals surface area contributed by atoms with E-state index >= 15 is 0 Å². The lowest BCUT2D eigenvalue weighted by Gasteiger charge is -2.32. The van der Waals surface area contributed by atoms with E-state index in [2.05, 4.69) is 17.1 Å². The summed E-state index contributed by atoms with van der Waals surface area (Å²) in [4.78, 5) is 18.9. The molecule has 1 aliphatic rings. The number of amides is 1. The average molecular weight is 393 g/mol. The number of ether oxygens (including phenoxy) is 1. The molecule has 1 fully saturated rings. The number of carbonyl (C=O) groups is 1. The zero-order valence-corrected chi connectivity index (χ0v) is 16.2. The maximum Gasteiger partial charge on any atom is 0.253 e. The van der Waals surface area contributed by atoms with Crippen molar-refractivity contribution >= 4 is 17.5 Å². The summed E-state index contributed by atoms with van der Waals surface area (Å²) in [6.45, 7) is 1.36. The Bertz CT molecular complexity index is 919. The van der Waals surface area contributed by atoms with Crippen molar-refractivity contribution in [3.8, 4) is 17.0 Å². The third-order valence-corrected chi connectivity index (χ3v) is 5.18. The number of aromatic nitrogens is 1. The number of likely N-dealkylation sites (tertiary alicyclic amines) is 1. The average Bonchev–Trinajstić information content (AvgIpc) is 2.76. The van der Waals surface area contributed by atoms with Crippen molar-refractivity contribution < 1.29 is 9.53 Å². The number of carbonyl (C=O) groups excluding carboxylic acids is 1. The molecule has 0 saturated carbocycles. The molecule has 0 aliphatic carbocycles. The minimum Gasteiger partial charge on any atom is -0.474 e. The van der Waals surface area contributed by atoms with E-state index in [0.29, 0.717) is 24.0 Å². The van der Waals surface area contributed by atoms with Gasteiger partial charge in [0.15, 0.2) is 0 Å². The normalized spacial score (nSPS) is 14.7. The summed E-state index contributed by atoms with van der Waals surface area (Å²) < 4.78 is 5.90. The van der Waals surface area contributed by atoms with Crippen molar-refractivity contribution in [2.75, 3.05) is 13.1 Å². The summed E-state index contributed by atoms with van der Waals surface area (Å²) in [7, 11) is 0. The van der Waals surface area contributed by atoms with Gasteiger partial charge in [0.25, 0.3) is 5.91 Å². The van der Waals surface area contributed by atoms with Crippen LogP contribution >= 0.6 is 11.6 Å². The Hall–Kier alpha value is -2.85. The molecular formula is C23H21ClN2O2. The molecule has 0 unspecified atom stereocenters. The molecule has 2 heterocycles. The summed E-state index contributed by atoms with van der Waals surface area (Å²) in [5.74, 6) is 0.647. The van der Waals surface area contributed by atoms with Gasteiger partial charge in [0.1, 0.15) is 6.10 Å². The molecule has 142 valence electrons. The van der Waals surface area contributed by atoms with E-state index in [9.17, 15) is 4.79 Å². The fraction of sp³-hybridized carbons (Fsp3) is 0.217. The Morgan fingerprint density at radius 3 is 2.25 bits per heavy atom. The predicted octanol–water partition coefficient (Wildman–Crippen LogP) is 5.09. The molecule has 1 aliphatic heterocycles. The smallest absolute Gasteiger partial charge is 0.253 e. The van der Waals surface area contributed by atoms with E-state index in [0.717, 1.165) is 29.5 Å². The lowest BCUT2D eigenvalue weighted by Crippen LogP contribution is -2.41. The second-order valence-corrected chi connectivity index (χ2v) is 7.30. The van der Waals surface area contributed by atoms with Crippen molar-refractivity contribution in [1.29, 1.82) is 0 Å². The lowest BCUT2D eigenvalue weighted by atomic mass is 10.0. The number of hydrogen-bond donors (Lipinski definition) is 0. The largest absolute Gasteiger partial charge is 0.474 e. The van der Waals surface area contributed by atoms with Gasteiger partial charge in [-0.15, -0.1) is 0 Å². The summed E-state index contributed by atoms with van der Waals surface area (Å²) >= 11 is 5.85. The van der Waals surface area contributed by atoms with Gasteiger partial charge in [0, 0.05) is 43.8 Å². The van der Waals surface area contributed by atoms with Gasteiger partial charge >= 0.3 is 0 Å². The van der Waals surface area contributed by atoms with Crippen LogP contribution in [0.1, 0.15) is 23.2 Å². The van der Waals surface area contributed by atoms with Crippen LogP contribution in [-0.4, -0.2) is 35.0 Å². The monoisotopic (exact) mass is 392 g/mol. The maximum atomic E-state index is 12.8. The first-order valence-electron chi connectivity index (χ1n) is 9.42. The van der Waals surface area contributed by atoms with Crippen LogP contribution in [0.15, 0.2) is 72.9 Å². The van der Waals surface area contributed by atoms with Crippen LogP contribution in [0.25, 0.3) is 11.1 Å². The van der Waals surface area contributed by atoms with Crippen LogP contribution in [0.5, 0.6) is 5.88 Å². The Labute approximate surface area is 169 Å². The van der Waals surface area contributed by atoms with Gasteiger partial charge in [0.2, 0.25) is 5.88 Å². The molecule has 2 aromatic carbocycles. The summed E-state index contributed by atoms with van der Waals surface area (Å²) in [6.07, 6.45) is 3.23. The minimum atomic E-state index is 0.0678. The second kappa shape index (κ2) is 8.44. The first kappa shape index (κ1) is 18.5. The number of pyridine rings is 1. The topological polar surface area (TPSA) is 42.4 Å². The third-order valence-electron chi connectivity index (χ3n) is 4.96. The van der Waals surface area contributed by atoms with E-state index in [1.165, 1.54) is 0 Å². The summed E-state index contributed by atoms with van der Waals surface area (Å²) in [6, 6.07) is 21.5. The van der Waals surface area contributed by atoms with Crippen LogP contribution in [0.4, 0.5) is 0 Å². The first-order chi connectivity index (χ1) is 13.7. The van der Waals surface area contributed by atoms with E-state index in [-0.39, 0.29) is 12.0 Å². The van der Waals surface area contributed by atoms with Gasteiger partial charge in [-0.2, -0.15) is 0 Å². The summed E-state index contributed by atoms with van der Waals surface area (Å²) in [5.41, 5.74) is 2.98. The number of piperidine rings is 1. The van der Waals surface area contributed by atoms with E-state index in [1.54, 1.807) is 18.3 Å². The molecule has 1 saturated heterocycles. The van der Waals surface area contributed by atoms with Crippen LogP contribution < -0.4 is 4.74 Å². The number of halogens is 1. The zero-order valence-electron chi connectivity index (χ0n) is 15.4. The standard InChI is InChI=1S/C23H21ClN2O2/c24-20-10-11-22(25-16-20)28-21-12-14-26(15-13-21)23(27)19-8-6-18(7-9-19)17-4-2-1-3-5-17/h1-11,16,21H,12-15H2. The third kappa shape index (κ3) is 4.34. The quantitative estimate of drug-likeness (QED) is 0.621. The summed E-state index contributed by atoms with van der Waals surface area (Å²) in [5, 5.41) is 0.589. The van der Waals surface area contributed by atoms with Crippen molar-refractivity contribution in [2.24, 2.45) is 0 Å².